The van der Waals surface area contributed by atoms with Gasteiger partial charge in [0, 0.05) is 17.4 Å². The summed E-state index contributed by atoms with van der Waals surface area (Å²) >= 11 is 0. The van der Waals surface area contributed by atoms with Gasteiger partial charge in [-0.25, -0.2) is 0 Å². The third kappa shape index (κ3) is 3.40. The van der Waals surface area contributed by atoms with E-state index in [1.165, 1.54) is 5.56 Å². The minimum atomic E-state index is -0.599. The van der Waals surface area contributed by atoms with Crippen molar-refractivity contribution in [1.29, 1.82) is 0 Å². The quantitative estimate of drug-likeness (QED) is 0.633. The Balaban J connectivity index is 1.98. The largest absolute Gasteiger partial charge is 0.497 e. The van der Waals surface area contributed by atoms with Crippen molar-refractivity contribution in [3.63, 3.8) is 0 Å². The second-order valence-corrected chi connectivity index (χ2v) is 8.11. The van der Waals surface area contributed by atoms with Gasteiger partial charge in [0.1, 0.15) is 11.5 Å². The molecule has 3 atom stereocenters. The molecule has 0 fully saturated rings. The molecule has 0 heterocycles. The molecule has 29 heavy (non-hydrogen) atoms. The molecular formula is C26H28O3. The number of benzene rings is 3. The summed E-state index contributed by atoms with van der Waals surface area (Å²) in [7, 11) is 3.39. The van der Waals surface area contributed by atoms with Crippen LogP contribution in [0.4, 0.5) is 0 Å². The lowest BCUT2D eigenvalue weighted by Crippen LogP contribution is -2.12. The Labute approximate surface area is 172 Å². The third-order valence-electron chi connectivity index (χ3n) is 6.00. The van der Waals surface area contributed by atoms with Gasteiger partial charge in [-0.3, -0.25) is 0 Å². The van der Waals surface area contributed by atoms with Crippen LogP contribution in [0.1, 0.15) is 56.9 Å². The van der Waals surface area contributed by atoms with Crippen LogP contribution in [0.3, 0.4) is 0 Å². The van der Waals surface area contributed by atoms with E-state index in [1.807, 2.05) is 13.0 Å². The maximum atomic E-state index is 11.4. The molecule has 3 heteroatoms. The molecule has 0 spiro atoms. The summed E-state index contributed by atoms with van der Waals surface area (Å²) in [5, 5.41) is 11.4. The lowest BCUT2D eigenvalue weighted by molar-refractivity contribution is 0.152. The first-order chi connectivity index (χ1) is 13.9. The van der Waals surface area contributed by atoms with Crippen LogP contribution in [0.5, 0.6) is 11.5 Å². The van der Waals surface area contributed by atoms with Gasteiger partial charge in [-0.15, -0.1) is 0 Å². The van der Waals surface area contributed by atoms with E-state index in [4.69, 9.17) is 9.47 Å². The van der Waals surface area contributed by atoms with Crippen molar-refractivity contribution in [3.05, 3.63) is 93.5 Å². The molecule has 0 aromatic heterocycles. The zero-order valence-electron chi connectivity index (χ0n) is 17.7. The van der Waals surface area contributed by atoms with Crippen LogP contribution in [-0.4, -0.2) is 19.3 Å². The molecule has 1 aliphatic carbocycles. The first-order valence-electron chi connectivity index (χ1n) is 10.0. The van der Waals surface area contributed by atoms with Crippen molar-refractivity contribution < 1.29 is 14.6 Å². The molecule has 150 valence electrons. The molecule has 0 amide bonds. The first kappa shape index (κ1) is 19.5. The van der Waals surface area contributed by atoms with Crippen molar-refractivity contribution in [2.45, 2.75) is 38.7 Å². The summed E-state index contributed by atoms with van der Waals surface area (Å²) in [6, 6.07) is 18.9. The summed E-state index contributed by atoms with van der Waals surface area (Å²) in [5.74, 6) is 1.55. The molecule has 0 unspecified atom stereocenters. The van der Waals surface area contributed by atoms with E-state index < -0.39 is 6.10 Å². The fourth-order valence-corrected chi connectivity index (χ4v) is 4.70. The Kier molecular flexibility index (Phi) is 5.10. The van der Waals surface area contributed by atoms with Crippen molar-refractivity contribution in [1.82, 2.24) is 0 Å². The van der Waals surface area contributed by atoms with Crippen LogP contribution in [0.25, 0.3) is 0 Å². The highest BCUT2D eigenvalue weighted by molar-refractivity contribution is 5.58. The predicted molar refractivity (Wildman–Crippen MR) is 116 cm³/mol. The normalized spacial score (nSPS) is 20.4. The van der Waals surface area contributed by atoms with Crippen LogP contribution in [0.2, 0.25) is 0 Å². The molecule has 0 radical (unpaired) electrons. The number of ether oxygens (including phenoxy) is 2. The summed E-state index contributed by atoms with van der Waals surface area (Å²) in [5.41, 5.74) is 7.72. The van der Waals surface area contributed by atoms with Crippen molar-refractivity contribution >= 4 is 0 Å². The molecule has 3 nitrogen and oxygen atoms in total. The van der Waals surface area contributed by atoms with E-state index >= 15 is 0 Å². The Bertz CT molecular complexity index is 1040. The van der Waals surface area contributed by atoms with Gasteiger partial charge in [0.05, 0.1) is 20.3 Å². The van der Waals surface area contributed by atoms with Gasteiger partial charge in [0.25, 0.3) is 0 Å². The molecule has 1 aliphatic rings. The Morgan fingerprint density at radius 3 is 2.07 bits per heavy atom. The SMILES string of the molecule is COc1cc(C)cc([C@H]2c3c(OC)cc(C)cc3[C@@H](O)[C@@H]2c2ccc(C)cc2)c1. The number of aryl methyl sites for hydroxylation is 3. The summed E-state index contributed by atoms with van der Waals surface area (Å²) in [6.45, 7) is 6.20. The maximum Gasteiger partial charge on any atom is 0.123 e. The van der Waals surface area contributed by atoms with Crippen molar-refractivity contribution in [2.75, 3.05) is 14.2 Å². The van der Waals surface area contributed by atoms with Gasteiger partial charge >= 0.3 is 0 Å². The molecule has 1 N–H and O–H groups in total. The van der Waals surface area contributed by atoms with Crippen LogP contribution in [0, 0.1) is 20.8 Å². The van der Waals surface area contributed by atoms with Crippen molar-refractivity contribution in [3.8, 4) is 11.5 Å². The highest BCUT2D eigenvalue weighted by Gasteiger charge is 2.43. The molecule has 0 bridgehead atoms. The number of rotatable bonds is 4. The van der Waals surface area contributed by atoms with Crippen LogP contribution in [-0.2, 0) is 0 Å². The van der Waals surface area contributed by atoms with Gasteiger partial charge in [0.2, 0.25) is 0 Å². The minimum absolute atomic E-state index is 0.0212. The lowest BCUT2D eigenvalue weighted by Gasteiger charge is -2.25. The van der Waals surface area contributed by atoms with E-state index in [1.54, 1.807) is 14.2 Å². The molecular weight excluding hydrogens is 360 g/mol. The molecule has 0 saturated heterocycles. The van der Waals surface area contributed by atoms with Crippen LogP contribution < -0.4 is 9.47 Å². The second kappa shape index (κ2) is 7.57. The van der Waals surface area contributed by atoms with E-state index in [2.05, 4.69) is 62.4 Å². The van der Waals surface area contributed by atoms with Crippen LogP contribution in [0.15, 0.2) is 54.6 Å². The van der Waals surface area contributed by atoms with Gasteiger partial charge in [0.15, 0.2) is 0 Å². The Hall–Kier alpha value is -2.78. The number of aliphatic hydroxyl groups excluding tert-OH is 1. The number of aliphatic hydroxyl groups is 1. The topological polar surface area (TPSA) is 38.7 Å². The zero-order chi connectivity index (χ0) is 20.7. The van der Waals surface area contributed by atoms with Gasteiger partial charge < -0.3 is 14.6 Å². The average molecular weight is 389 g/mol. The first-order valence-corrected chi connectivity index (χ1v) is 10.0. The van der Waals surface area contributed by atoms with Crippen LogP contribution >= 0.6 is 0 Å². The third-order valence-corrected chi connectivity index (χ3v) is 6.00. The highest BCUT2D eigenvalue weighted by atomic mass is 16.5. The fourth-order valence-electron chi connectivity index (χ4n) is 4.70. The minimum Gasteiger partial charge on any atom is -0.497 e. The monoisotopic (exact) mass is 388 g/mol. The van der Waals surface area contributed by atoms with Crippen molar-refractivity contribution in [2.24, 2.45) is 0 Å². The molecule has 4 rings (SSSR count). The summed E-state index contributed by atoms with van der Waals surface area (Å²) in [4.78, 5) is 0. The number of hydrogen-bond donors (Lipinski definition) is 1. The second-order valence-electron chi connectivity index (χ2n) is 8.11. The van der Waals surface area contributed by atoms with Gasteiger partial charge in [-0.2, -0.15) is 0 Å². The lowest BCUT2D eigenvalue weighted by atomic mass is 9.80. The van der Waals surface area contributed by atoms with E-state index in [0.29, 0.717) is 0 Å². The molecule has 0 saturated carbocycles. The maximum absolute atomic E-state index is 11.4. The Morgan fingerprint density at radius 1 is 0.724 bits per heavy atom. The summed E-state index contributed by atoms with van der Waals surface area (Å²) < 4.78 is 11.3. The molecule has 0 aliphatic heterocycles. The number of hydrogen-bond acceptors (Lipinski definition) is 3. The van der Waals surface area contributed by atoms with E-state index in [0.717, 1.165) is 44.9 Å². The van der Waals surface area contributed by atoms with Gasteiger partial charge in [-0.1, -0.05) is 42.0 Å². The predicted octanol–water partition coefficient (Wildman–Crippen LogP) is 5.59. The van der Waals surface area contributed by atoms with E-state index in [-0.39, 0.29) is 11.8 Å². The smallest absolute Gasteiger partial charge is 0.123 e. The Morgan fingerprint density at radius 2 is 1.41 bits per heavy atom. The highest BCUT2D eigenvalue weighted by Crippen LogP contribution is 2.57. The summed E-state index contributed by atoms with van der Waals surface area (Å²) in [6.07, 6.45) is -0.599. The number of fused-ring (bicyclic) bond motifs is 1. The number of methoxy groups -OCH3 is 2. The van der Waals surface area contributed by atoms with Gasteiger partial charge in [-0.05, 0) is 66.8 Å². The fraction of sp³-hybridized carbons (Fsp3) is 0.308. The molecule has 3 aromatic rings. The molecule has 3 aromatic carbocycles. The standard InChI is InChI=1S/C26H28O3/c1-15-6-8-18(9-7-15)24-23(19-10-16(2)11-20(14-19)28-4)25-21(26(24)27)12-17(3)13-22(25)29-5/h6-14,23-24,26-27H,1-5H3/t23-,24-,26-/m1/s1. The zero-order valence-corrected chi connectivity index (χ0v) is 17.7. The average Bonchev–Trinajstić information content (AvgIpc) is 3.00. The van der Waals surface area contributed by atoms with E-state index in [9.17, 15) is 5.11 Å².